The van der Waals surface area contributed by atoms with Crippen LogP contribution in [0.4, 0.5) is 0 Å². The van der Waals surface area contributed by atoms with Crippen molar-refractivity contribution in [1.29, 1.82) is 0 Å². The van der Waals surface area contributed by atoms with Crippen LogP contribution in [0.3, 0.4) is 0 Å². The highest BCUT2D eigenvalue weighted by Crippen LogP contribution is 2.27. The van der Waals surface area contributed by atoms with Crippen molar-refractivity contribution in [3.05, 3.63) is 77.6 Å². The molecule has 2 aromatic carbocycles. The fourth-order valence-corrected chi connectivity index (χ4v) is 3.98. The molecule has 0 radical (unpaired) electrons. The van der Waals surface area contributed by atoms with E-state index in [-0.39, 0.29) is 16.9 Å². The van der Waals surface area contributed by atoms with E-state index >= 15 is 0 Å². The Morgan fingerprint density at radius 1 is 1.17 bits per heavy atom. The number of aromatic nitrogens is 2. The van der Waals surface area contributed by atoms with Crippen molar-refractivity contribution in [2.45, 2.75) is 37.6 Å². The van der Waals surface area contributed by atoms with Crippen molar-refractivity contribution in [3.8, 4) is 5.69 Å². The number of carbonyl (C=O) groups excluding carboxylic acids is 2. The van der Waals surface area contributed by atoms with Gasteiger partial charge < -0.3 is 5.32 Å². The minimum atomic E-state index is -0.258. The van der Waals surface area contributed by atoms with Crippen molar-refractivity contribution in [2.24, 2.45) is 0 Å². The zero-order valence-electron chi connectivity index (χ0n) is 16.9. The second-order valence-electron chi connectivity index (χ2n) is 6.97. The van der Waals surface area contributed by atoms with Crippen LogP contribution in [0.5, 0.6) is 0 Å². The van der Waals surface area contributed by atoms with Crippen LogP contribution < -0.4 is 5.32 Å². The maximum Gasteiger partial charge on any atom is 0.216 e. The van der Waals surface area contributed by atoms with Gasteiger partial charge in [0.15, 0.2) is 10.9 Å². The van der Waals surface area contributed by atoms with Crippen molar-refractivity contribution >= 4 is 23.5 Å². The van der Waals surface area contributed by atoms with Crippen LogP contribution in [0.15, 0.2) is 66.1 Å². The van der Waals surface area contributed by atoms with Crippen LogP contribution in [-0.4, -0.2) is 33.0 Å². The normalized spacial score (nSPS) is 11.8. The molecule has 29 heavy (non-hydrogen) atoms. The van der Waals surface area contributed by atoms with Gasteiger partial charge in [0.2, 0.25) is 5.91 Å². The van der Waals surface area contributed by atoms with E-state index in [1.807, 2.05) is 54.1 Å². The third-order valence-corrected chi connectivity index (χ3v) is 5.64. The number of ketones is 1. The molecule has 1 atom stereocenters. The summed E-state index contributed by atoms with van der Waals surface area (Å²) in [6.45, 7) is 6.06. The number of rotatable bonds is 8. The zero-order chi connectivity index (χ0) is 20.8. The first kappa shape index (κ1) is 20.9. The lowest BCUT2D eigenvalue weighted by Crippen LogP contribution is -2.22. The highest BCUT2D eigenvalue weighted by Gasteiger charge is 2.19. The molecule has 0 aliphatic rings. The maximum atomic E-state index is 12.9. The van der Waals surface area contributed by atoms with Crippen molar-refractivity contribution < 1.29 is 9.59 Å². The molecule has 0 fully saturated rings. The van der Waals surface area contributed by atoms with Gasteiger partial charge in [0.25, 0.3) is 0 Å². The number of imidazole rings is 1. The number of hydrogen-bond acceptors (Lipinski definition) is 4. The van der Waals surface area contributed by atoms with Crippen LogP contribution in [0.25, 0.3) is 5.69 Å². The summed E-state index contributed by atoms with van der Waals surface area (Å²) in [6.07, 6.45) is 4.41. The van der Waals surface area contributed by atoms with E-state index in [4.69, 9.17) is 0 Å². The second kappa shape index (κ2) is 9.56. The molecule has 1 aromatic heterocycles. The topological polar surface area (TPSA) is 64.0 Å². The quantitative estimate of drug-likeness (QED) is 0.448. The van der Waals surface area contributed by atoms with Gasteiger partial charge in [-0.05, 0) is 43.5 Å². The molecule has 1 N–H and O–H groups in total. The summed E-state index contributed by atoms with van der Waals surface area (Å²) < 4.78 is 2.01. The summed E-state index contributed by atoms with van der Waals surface area (Å²) >= 11 is 1.46. The van der Waals surface area contributed by atoms with Crippen molar-refractivity contribution in [2.75, 3.05) is 6.54 Å². The molecular weight excluding hydrogens is 382 g/mol. The number of thioether (sulfide) groups is 1. The summed E-state index contributed by atoms with van der Waals surface area (Å²) in [6, 6.07) is 15.8. The van der Waals surface area contributed by atoms with E-state index in [9.17, 15) is 9.59 Å². The van der Waals surface area contributed by atoms with Crippen LogP contribution in [-0.2, 0) is 11.2 Å². The van der Waals surface area contributed by atoms with Gasteiger partial charge in [-0.1, -0.05) is 48.2 Å². The minimum absolute atomic E-state index is 0.0355. The molecule has 0 spiro atoms. The van der Waals surface area contributed by atoms with Gasteiger partial charge in [0.1, 0.15) is 0 Å². The fraction of sp³-hybridized carbons (Fsp3) is 0.261. The predicted octanol–water partition coefficient (Wildman–Crippen LogP) is 4.22. The molecule has 1 unspecified atom stereocenters. The number of carbonyl (C=O) groups is 2. The molecule has 0 saturated heterocycles. The molecule has 3 rings (SSSR count). The summed E-state index contributed by atoms with van der Waals surface area (Å²) in [4.78, 5) is 28.3. The van der Waals surface area contributed by atoms with E-state index in [0.717, 1.165) is 22.8 Å². The minimum Gasteiger partial charge on any atom is -0.356 e. The van der Waals surface area contributed by atoms with Crippen LogP contribution in [0.1, 0.15) is 35.3 Å². The number of benzene rings is 2. The van der Waals surface area contributed by atoms with E-state index < -0.39 is 0 Å². The first-order chi connectivity index (χ1) is 13.9. The molecule has 5 nitrogen and oxygen atoms in total. The van der Waals surface area contributed by atoms with E-state index in [2.05, 4.69) is 29.4 Å². The lowest BCUT2D eigenvalue weighted by molar-refractivity contribution is -0.118. The van der Waals surface area contributed by atoms with Gasteiger partial charge in [-0.25, -0.2) is 4.98 Å². The Morgan fingerprint density at radius 2 is 1.93 bits per heavy atom. The second-order valence-corrected chi connectivity index (χ2v) is 8.28. The highest BCUT2D eigenvalue weighted by molar-refractivity contribution is 8.00. The number of nitrogens with zero attached hydrogens (tertiary/aromatic N) is 2. The summed E-state index contributed by atoms with van der Waals surface area (Å²) in [5.41, 5.74) is 3.98. The van der Waals surface area contributed by atoms with Gasteiger partial charge in [-0.15, -0.1) is 0 Å². The number of Topliss-reactive ketones (excluding diaryl/α,β-unsaturated/α-hetero) is 1. The first-order valence-corrected chi connectivity index (χ1v) is 10.5. The molecular formula is C23H25N3O2S. The third-order valence-electron chi connectivity index (χ3n) is 4.56. The first-order valence-electron chi connectivity index (χ1n) is 9.58. The lowest BCUT2D eigenvalue weighted by Gasteiger charge is -2.13. The average Bonchev–Trinajstić information content (AvgIpc) is 3.16. The molecule has 0 aliphatic heterocycles. The average molecular weight is 408 g/mol. The van der Waals surface area contributed by atoms with E-state index in [1.54, 1.807) is 6.20 Å². The maximum absolute atomic E-state index is 12.9. The van der Waals surface area contributed by atoms with Gasteiger partial charge in [-0.3, -0.25) is 14.2 Å². The Kier molecular flexibility index (Phi) is 6.88. The van der Waals surface area contributed by atoms with Crippen LogP contribution >= 0.6 is 11.8 Å². The Balaban J connectivity index is 1.66. The number of amides is 1. The van der Waals surface area contributed by atoms with E-state index in [1.165, 1.54) is 24.2 Å². The molecule has 1 heterocycles. The Bertz CT molecular complexity index is 995. The third kappa shape index (κ3) is 5.57. The number of aryl methyl sites for hydroxylation is 1. The summed E-state index contributed by atoms with van der Waals surface area (Å²) in [5, 5.41) is 3.31. The number of nitrogens with one attached hydrogen (secondary N) is 1. The highest BCUT2D eigenvalue weighted by atomic mass is 32.2. The summed E-state index contributed by atoms with van der Waals surface area (Å²) in [5.74, 6) is 0.0360. The van der Waals surface area contributed by atoms with Gasteiger partial charge in [0.05, 0.1) is 5.25 Å². The van der Waals surface area contributed by atoms with E-state index in [0.29, 0.717) is 12.1 Å². The Hall–Kier alpha value is -2.86. The molecule has 1 amide bonds. The molecule has 0 aliphatic carbocycles. The largest absolute Gasteiger partial charge is 0.356 e. The molecule has 3 aromatic rings. The Labute approximate surface area is 175 Å². The molecule has 0 bridgehead atoms. The molecule has 6 heteroatoms. The van der Waals surface area contributed by atoms with Crippen LogP contribution in [0, 0.1) is 6.92 Å². The number of hydrogen-bond donors (Lipinski definition) is 1. The standard InChI is InChI=1S/C23H25N3O2S/c1-16-5-4-6-21(15-16)26-14-13-25-23(26)29-17(2)22(28)20-9-7-19(8-10-20)11-12-24-18(3)27/h4-10,13-15,17H,11-12H2,1-3H3,(H,24,27). The van der Waals surface area contributed by atoms with Gasteiger partial charge >= 0.3 is 0 Å². The van der Waals surface area contributed by atoms with Gasteiger partial charge in [0, 0.05) is 37.1 Å². The SMILES string of the molecule is CC(=O)NCCc1ccc(C(=O)C(C)Sc2nccn2-c2cccc(C)c2)cc1. The molecule has 150 valence electrons. The lowest BCUT2D eigenvalue weighted by atomic mass is 10.0. The van der Waals surface area contributed by atoms with Crippen molar-refractivity contribution in [1.82, 2.24) is 14.9 Å². The van der Waals surface area contributed by atoms with Crippen molar-refractivity contribution in [3.63, 3.8) is 0 Å². The van der Waals surface area contributed by atoms with Gasteiger partial charge in [-0.2, -0.15) is 0 Å². The van der Waals surface area contributed by atoms with Crippen LogP contribution in [0.2, 0.25) is 0 Å². The monoisotopic (exact) mass is 407 g/mol. The smallest absolute Gasteiger partial charge is 0.216 e. The Morgan fingerprint density at radius 3 is 2.62 bits per heavy atom. The summed E-state index contributed by atoms with van der Waals surface area (Å²) in [7, 11) is 0. The molecule has 0 saturated carbocycles. The zero-order valence-corrected chi connectivity index (χ0v) is 17.7. The predicted molar refractivity (Wildman–Crippen MR) is 117 cm³/mol. The fourth-order valence-electron chi connectivity index (χ4n) is 3.02.